The number of nitrogens with one attached hydrogen (secondary N) is 1. The molecule has 1 atom stereocenters. The van der Waals surface area contributed by atoms with E-state index in [-0.39, 0.29) is 30.1 Å². The molecule has 0 bridgehead atoms. The first kappa shape index (κ1) is 24.2. The Morgan fingerprint density at radius 2 is 2.09 bits per heavy atom. The first-order valence-corrected chi connectivity index (χ1v) is 10.8. The molecule has 1 aliphatic rings. The molecular formula is C23H32IN7O. The van der Waals surface area contributed by atoms with Gasteiger partial charge in [-0.3, -0.25) is 4.68 Å². The summed E-state index contributed by atoms with van der Waals surface area (Å²) in [6, 6.07) is 10.4. The molecule has 0 aliphatic carbocycles. The Kier molecular flexibility index (Phi) is 8.30. The molecule has 2 aromatic heterocycles. The van der Waals surface area contributed by atoms with Crippen molar-refractivity contribution in [1.29, 1.82) is 0 Å². The number of nitrogens with zero attached hydrogens (tertiary/aromatic N) is 6. The summed E-state index contributed by atoms with van der Waals surface area (Å²) in [6.07, 6.45) is 3.89. The van der Waals surface area contributed by atoms with Crippen LogP contribution in [0, 0.1) is 13.8 Å². The van der Waals surface area contributed by atoms with Gasteiger partial charge in [0.05, 0.1) is 37.3 Å². The van der Waals surface area contributed by atoms with E-state index in [0.717, 1.165) is 53.8 Å². The van der Waals surface area contributed by atoms with Crippen LogP contribution in [0.5, 0.6) is 0 Å². The maximum absolute atomic E-state index is 6.00. The summed E-state index contributed by atoms with van der Waals surface area (Å²) in [7, 11) is 1.93. The minimum absolute atomic E-state index is 0. The number of morpholine rings is 1. The lowest BCUT2D eigenvalue weighted by Crippen LogP contribution is -2.48. The standard InChI is InChI=1S/C23H31N7O.HI/c1-5-24-23(29-10-11-31-22(16-29)20-14-26-28(4)15-20)25-13-19-8-6-7-9-21(19)30-18(3)12-17(2)27-30;/h6-9,12,14-15,22H,5,10-11,13,16H2,1-4H3,(H,24,25);1H. The number of hydrogen-bond acceptors (Lipinski definition) is 4. The maximum atomic E-state index is 6.00. The van der Waals surface area contributed by atoms with Crippen LogP contribution in [-0.2, 0) is 18.3 Å². The van der Waals surface area contributed by atoms with Crippen LogP contribution in [0.1, 0.15) is 35.5 Å². The van der Waals surface area contributed by atoms with Crippen LogP contribution in [0.25, 0.3) is 5.69 Å². The van der Waals surface area contributed by atoms with Crippen LogP contribution >= 0.6 is 24.0 Å². The van der Waals surface area contributed by atoms with Crippen molar-refractivity contribution >= 4 is 29.9 Å². The van der Waals surface area contributed by atoms with Crippen molar-refractivity contribution in [2.24, 2.45) is 12.0 Å². The van der Waals surface area contributed by atoms with Gasteiger partial charge in [-0.15, -0.1) is 24.0 Å². The molecule has 3 heterocycles. The smallest absolute Gasteiger partial charge is 0.194 e. The average molecular weight is 549 g/mol. The molecule has 172 valence electrons. The van der Waals surface area contributed by atoms with Gasteiger partial charge >= 0.3 is 0 Å². The lowest BCUT2D eigenvalue weighted by Gasteiger charge is -2.34. The number of benzene rings is 1. The van der Waals surface area contributed by atoms with Gasteiger partial charge in [0.2, 0.25) is 0 Å². The number of para-hydroxylation sites is 1. The number of aryl methyl sites for hydroxylation is 3. The highest BCUT2D eigenvalue weighted by molar-refractivity contribution is 14.0. The molecule has 0 radical (unpaired) electrons. The van der Waals surface area contributed by atoms with Crippen LogP contribution in [0.15, 0.2) is 47.7 Å². The quantitative estimate of drug-likeness (QED) is 0.300. The molecular weight excluding hydrogens is 517 g/mol. The summed E-state index contributed by atoms with van der Waals surface area (Å²) >= 11 is 0. The number of aromatic nitrogens is 4. The van der Waals surface area contributed by atoms with E-state index in [1.807, 2.05) is 41.8 Å². The molecule has 9 heteroatoms. The van der Waals surface area contributed by atoms with E-state index in [4.69, 9.17) is 9.73 Å². The largest absolute Gasteiger partial charge is 0.370 e. The molecule has 1 N–H and O–H groups in total. The Bertz CT molecular complexity index is 1060. The highest BCUT2D eigenvalue weighted by Crippen LogP contribution is 2.22. The van der Waals surface area contributed by atoms with E-state index < -0.39 is 0 Å². The van der Waals surface area contributed by atoms with Gasteiger partial charge in [-0.05, 0) is 38.5 Å². The van der Waals surface area contributed by atoms with Crippen LogP contribution in [0.3, 0.4) is 0 Å². The van der Waals surface area contributed by atoms with E-state index >= 15 is 0 Å². The van der Waals surface area contributed by atoms with Crippen LogP contribution in [-0.4, -0.2) is 56.7 Å². The van der Waals surface area contributed by atoms with Crippen LogP contribution < -0.4 is 5.32 Å². The van der Waals surface area contributed by atoms with E-state index in [1.54, 1.807) is 0 Å². The second-order valence-corrected chi connectivity index (χ2v) is 7.89. The third-order valence-electron chi connectivity index (χ3n) is 5.43. The third kappa shape index (κ3) is 5.50. The molecule has 8 nitrogen and oxygen atoms in total. The Morgan fingerprint density at radius 3 is 2.78 bits per heavy atom. The zero-order chi connectivity index (χ0) is 21.8. The van der Waals surface area contributed by atoms with Crippen LogP contribution in [0.4, 0.5) is 0 Å². The van der Waals surface area contributed by atoms with Gasteiger partial charge in [-0.25, -0.2) is 9.67 Å². The van der Waals surface area contributed by atoms with Gasteiger partial charge in [0, 0.05) is 37.6 Å². The van der Waals surface area contributed by atoms with Gasteiger partial charge < -0.3 is 15.0 Å². The summed E-state index contributed by atoms with van der Waals surface area (Å²) in [5.41, 5.74) is 5.44. The third-order valence-corrected chi connectivity index (χ3v) is 5.43. The molecule has 4 rings (SSSR count). The van der Waals surface area contributed by atoms with Crippen molar-refractivity contribution in [3.05, 3.63) is 65.2 Å². The van der Waals surface area contributed by atoms with E-state index in [9.17, 15) is 0 Å². The van der Waals surface area contributed by atoms with Gasteiger partial charge in [-0.1, -0.05) is 18.2 Å². The van der Waals surface area contributed by atoms with Crippen molar-refractivity contribution in [1.82, 2.24) is 29.8 Å². The first-order valence-electron chi connectivity index (χ1n) is 10.8. The predicted molar refractivity (Wildman–Crippen MR) is 137 cm³/mol. The molecule has 0 spiro atoms. The second kappa shape index (κ2) is 11.0. The van der Waals surface area contributed by atoms with E-state index in [1.165, 1.54) is 0 Å². The summed E-state index contributed by atoms with van der Waals surface area (Å²) in [5.74, 6) is 0.905. The lowest BCUT2D eigenvalue weighted by atomic mass is 10.1. The second-order valence-electron chi connectivity index (χ2n) is 7.89. The fourth-order valence-corrected chi connectivity index (χ4v) is 3.96. The average Bonchev–Trinajstić information content (AvgIpc) is 3.36. The first-order chi connectivity index (χ1) is 15.0. The topological polar surface area (TPSA) is 72.5 Å². The highest BCUT2D eigenvalue weighted by Gasteiger charge is 2.25. The molecule has 1 saturated heterocycles. The minimum Gasteiger partial charge on any atom is -0.370 e. The molecule has 1 unspecified atom stereocenters. The normalized spacial score (nSPS) is 16.7. The van der Waals surface area contributed by atoms with E-state index in [2.05, 4.69) is 58.5 Å². The molecule has 3 aromatic rings. The monoisotopic (exact) mass is 549 g/mol. The fraction of sp³-hybridized carbons (Fsp3) is 0.435. The Balaban J connectivity index is 0.00000289. The number of aliphatic imine (C=N–C) groups is 1. The van der Waals surface area contributed by atoms with Crippen molar-refractivity contribution in [2.45, 2.75) is 33.4 Å². The van der Waals surface area contributed by atoms with Gasteiger partial charge in [0.1, 0.15) is 6.10 Å². The van der Waals surface area contributed by atoms with Crippen molar-refractivity contribution < 1.29 is 4.74 Å². The van der Waals surface area contributed by atoms with Gasteiger partial charge in [0.15, 0.2) is 5.96 Å². The number of halogens is 1. The Labute approximate surface area is 206 Å². The number of guanidine groups is 1. The summed E-state index contributed by atoms with van der Waals surface area (Å²) in [5, 5.41) is 12.4. The molecule has 1 fully saturated rings. The lowest BCUT2D eigenvalue weighted by molar-refractivity contribution is -0.00805. The van der Waals surface area contributed by atoms with Gasteiger partial charge in [-0.2, -0.15) is 10.2 Å². The molecule has 0 amide bonds. The highest BCUT2D eigenvalue weighted by atomic mass is 127. The number of rotatable bonds is 5. The molecule has 0 saturated carbocycles. The number of ether oxygens (including phenoxy) is 1. The predicted octanol–water partition coefficient (Wildman–Crippen LogP) is 3.38. The zero-order valence-corrected chi connectivity index (χ0v) is 21.5. The van der Waals surface area contributed by atoms with Crippen molar-refractivity contribution in [2.75, 3.05) is 26.2 Å². The van der Waals surface area contributed by atoms with Crippen molar-refractivity contribution in [3.63, 3.8) is 0 Å². The van der Waals surface area contributed by atoms with Crippen LogP contribution in [0.2, 0.25) is 0 Å². The zero-order valence-electron chi connectivity index (χ0n) is 19.2. The SMILES string of the molecule is CCNC(=NCc1ccccc1-n1nc(C)cc1C)N1CCOC(c2cnn(C)c2)C1.I. The Hall–Kier alpha value is -2.40. The molecule has 32 heavy (non-hydrogen) atoms. The molecule has 1 aliphatic heterocycles. The summed E-state index contributed by atoms with van der Waals surface area (Å²) in [4.78, 5) is 7.25. The molecule has 1 aromatic carbocycles. The van der Waals surface area contributed by atoms with Gasteiger partial charge in [0.25, 0.3) is 0 Å². The fourth-order valence-electron chi connectivity index (χ4n) is 3.96. The summed E-state index contributed by atoms with van der Waals surface area (Å²) < 4.78 is 9.81. The van der Waals surface area contributed by atoms with E-state index in [0.29, 0.717) is 13.2 Å². The van der Waals surface area contributed by atoms with Crippen molar-refractivity contribution in [3.8, 4) is 5.69 Å². The minimum atomic E-state index is -0.00621. The number of hydrogen-bond donors (Lipinski definition) is 1. The maximum Gasteiger partial charge on any atom is 0.194 e. The Morgan fingerprint density at radius 1 is 1.28 bits per heavy atom. The summed E-state index contributed by atoms with van der Waals surface area (Å²) in [6.45, 7) is 9.79.